The molecule has 286 valence electrons. The molecule has 0 heterocycles. The van der Waals surface area contributed by atoms with Crippen LogP contribution in [0.3, 0.4) is 0 Å². The van der Waals surface area contributed by atoms with Crippen molar-refractivity contribution in [2.75, 3.05) is 18.5 Å². The molecule has 0 saturated carbocycles. The molecule has 14 heteroatoms. The van der Waals surface area contributed by atoms with E-state index in [0.717, 1.165) is 10.8 Å². The van der Waals surface area contributed by atoms with Crippen LogP contribution in [0.2, 0.25) is 0 Å². The van der Waals surface area contributed by atoms with Crippen LogP contribution in [0.1, 0.15) is 46.5 Å². The van der Waals surface area contributed by atoms with Crippen LogP contribution in [0.25, 0.3) is 12.2 Å². The lowest BCUT2D eigenvalue weighted by atomic mass is 10.0. The summed E-state index contributed by atoms with van der Waals surface area (Å²) in [5.41, 5.74) is 3.30. The molecule has 0 aliphatic heterocycles. The van der Waals surface area contributed by atoms with Gasteiger partial charge in [0.25, 0.3) is 26.1 Å². The van der Waals surface area contributed by atoms with E-state index in [9.17, 15) is 26.0 Å². The van der Waals surface area contributed by atoms with Gasteiger partial charge in [-0.1, -0.05) is 48.5 Å². The quantitative estimate of drug-likeness (QED) is 0.0857. The Balaban J connectivity index is 1.30. The van der Waals surface area contributed by atoms with Gasteiger partial charge < -0.3 is 19.5 Å². The second-order valence-electron chi connectivity index (χ2n) is 11.6. The Morgan fingerprint density at radius 2 is 1.18 bits per heavy atom. The molecule has 0 saturated heterocycles. The third kappa shape index (κ3) is 12.6. The smallest absolute Gasteiger partial charge is 0.290 e. The molecule has 0 spiro atoms. The summed E-state index contributed by atoms with van der Waals surface area (Å²) < 4.78 is 88.4. The lowest BCUT2D eigenvalue weighted by Gasteiger charge is -2.15. The largest absolute Gasteiger partial charge is 0.489 e. The molecule has 0 aliphatic rings. The number of halogens is 1. The van der Waals surface area contributed by atoms with Crippen molar-refractivity contribution in [1.29, 1.82) is 0 Å². The number of hydrogen-bond donors (Lipinski definition) is 1. The normalized spacial score (nSPS) is 11.8. The van der Waals surface area contributed by atoms with Crippen LogP contribution in [0.4, 0.5) is 10.1 Å². The van der Waals surface area contributed by atoms with E-state index in [1.807, 2.05) is 6.07 Å². The highest BCUT2D eigenvalue weighted by Gasteiger charge is 2.15. The Bertz CT molecular complexity index is 2340. The predicted octanol–water partition coefficient (Wildman–Crippen LogP) is 8.70. The highest BCUT2D eigenvalue weighted by Crippen LogP contribution is 2.26. The first kappa shape index (κ1) is 40.4. The zero-order valence-electron chi connectivity index (χ0n) is 29.9. The Labute approximate surface area is 319 Å². The molecule has 0 radical (unpaired) electrons. The standard InChI is InChI=1S/C41H38FNO10S2/c1-3-51-54(45,46)25-23-30-10-17-35(18-11-30)49-28-32-9-14-33(29-50-36-19-12-31(13-20-36)24-26-55(47,48)52-4-2)38(27-32)41(44)43-34-15-21-37(22-16-34)53-40-8-6-5-7-39(40)42/h5-27H,3-4,28-29H2,1-2H3,(H,43,44)/b25-23+,26-24+. The maximum Gasteiger partial charge on any atom is 0.290 e. The molecule has 0 aromatic heterocycles. The third-order valence-corrected chi connectivity index (χ3v) is 9.64. The third-order valence-electron chi connectivity index (χ3n) is 7.57. The van der Waals surface area contributed by atoms with Gasteiger partial charge in [-0.25, -0.2) is 4.39 Å². The van der Waals surface area contributed by atoms with E-state index in [1.54, 1.807) is 111 Å². The minimum absolute atomic E-state index is 0.0290. The zero-order valence-corrected chi connectivity index (χ0v) is 31.5. The molecule has 5 rings (SSSR count). The number of anilines is 1. The van der Waals surface area contributed by atoms with Crippen LogP contribution >= 0.6 is 0 Å². The fourth-order valence-corrected chi connectivity index (χ4v) is 6.38. The number of hydrogen-bond acceptors (Lipinski definition) is 10. The number of carbonyl (C=O) groups is 1. The summed E-state index contributed by atoms with van der Waals surface area (Å²) in [5, 5.41) is 4.86. The second-order valence-corrected chi connectivity index (χ2v) is 14.6. The molecular formula is C41H38FNO10S2. The molecule has 5 aromatic carbocycles. The Kier molecular flexibility index (Phi) is 13.9. The number of nitrogens with one attached hydrogen (secondary N) is 1. The minimum Gasteiger partial charge on any atom is -0.489 e. The van der Waals surface area contributed by atoms with Crippen LogP contribution < -0.4 is 19.5 Å². The number of ether oxygens (including phenoxy) is 3. The van der Waals surface area contributed by atoms with Gasteiger partial charge in [0.1, 0.15) is 30.5 Å². The van der Waals surface area contributed by atoms with Gasteiger partial charge in [0.05, 0.1) is 24.0 Å². The highest BCUT2D eigenvalue weighted by atomic mass is 32.2. The second kappa shape index (κ2) is 19.0. The van der Waals surface area contributed by atoms with Crippen molar-refractivity contribution in [1.82, 2.24) is 0 Å². The maximum atomic E-state index is 14.1. The molecule has 0 bridgehead atoms. The topological polar surface area (TPSA) is 144 Å². The SMILES string of the molecule is CCOS(=O)(=O)/C=C/c1ccc(OCc2ccc(COc3ccc(/C=C/S(=O)(=O)OCC)cc3)c(C(=O)Nc3ccc(Oc4ccccc4F)cc3)c2)cc1. The van der Waals surface area contributed by atoms with Crippen molar-refractivity contribution in [3.8, 4) is 23.0 Å². The van der Waals surface area contributed by atoms with E-state index in [1.165, 1.54) is 24.3 Å². The predicted molar refractivity (Wildman–Crippen MR) is 208 cm³/mol. The van der Waals surface area contributed by atoms with Crippen molar-refractivity contribution in [2.45, 2.75) is 27.1 Å². The summed E-state index contributed by atoms with van der Waals surface area (Å²) in [6.07, 6.45) is 2.84. The number of amides is 1. The molecule has 0 fully saturated rings. The average Bonchev–Trinajstić information content (AvgIpc) is 3.17. The Morgan fingerprint density at radius 1 is 0.655 bits per heavy atom. The summed E-state index contributed by atoms with van der Waals surface area (Å²) in [4.78, 5) is 13.7. The summed E-state index contributed by atoms with van der Waals surface area (Å²) in [5.74, 6) is 0.548. The lowest BCUT2D eigenvalue weighted by molar-refractivity contribution is 0.102. The van der Waals surface area contributed by atoms with Gasteiger partial charge in [-0.3, -0.25) is 13.2 Å². The van der Waals surface area contributed by atoms with Gasteiger partial charge in [-0.2, -0.15) is 16.8 Å². The van der Waals surface area contributed by atoms with Crippen LogP contribution in [0, 0.1) is 5.82 Å². The van der Waals surface area contributed by atoms with E-state index in [-0.39, 0.29) is 32.2 Å². The summed E-state index contributed by atoms with van der Waals surface area (Å²) >= 11 is 0. The summed E-state index contributed by atoms with van der Waals surface area (Å²) in [7, 11) is -7.54. The first-order valence-electron chi connectivity index (χ1n) is 17.0. The molecule has 5 aromatic rings. The minimum atomic E-state index is -3.78. The first-order chi connectivity index (χ1) is 26.4. The van der Waals surface area contributed by atoms with Crippen LogP contribution in [0.5, 0.6) is 23.0 Å². The van der Waals surface area contributed by atoms with E-state index in [2.05, 4.69) is 5.32 Å². The van der Waals surface area contributed by atoms with Crippen molar-refractivity contribution in [2.24, 2.45) is 0 Å². The van der Waals surface area contributed by atoms with Gasteiger partial charge in [0, 0.05) is 16.8 Å². The van der Waals surface area contributed by atoms with Gasteiger partial charge in [0.2, 0.25) is 0 Å². The molecule has 0 atom stereocenters. The molecular weight excluding hydrogens is 750 g/mol. The monoisotopic (exact) mass is 787 g/mol. The van der Waals surface area contributed by atoms with Gasteiger partial charge in [-0.15, -0.1) is 0 Å². The van der Waals surface area contributed by atoms with E-state index < -0.39 is 32.0 Å². The van der Waals surface area contributed by atoms with Crippen LogP contribution in [-0.2, 0) is 41.8 Å². The van der Waals surface area contributed by atoms with Crippen LogP contribution in [0.15, 0.2) is 126 Å². The zero-order chi connectivity index (χ0) is 39.3. The first-order valence-corrected chi connectivity index (χ1v) is 19.9. The number of para-hydroxylation sites is 1. The fourth-order valence-electron chi connectivity index (χ4n) is 4.92. The number of rotatable bonds is 18. The van der Waals surface area contributed by atoms with E-state index in [4.69, 9.17) is 22.6 Å². The van der Waals surface area contributed by atoms with Gasteiger partial charge >= 0.3 is 0 Å². The highest BCUT2D eigenvalue weighted by molar-refractivity contribution is 7.90. The molecule has 11 nitrogen and oxygen atoms in total. The maximum absolute atomic E-state index is 14.1. The molecule has 0 unspecified atom stereocenters. The molecule has 55 heavy (non-hydrogen) atoms. The van der Waals surface area contributed by atoms with Crippen molar-refractivity contribution in [3.05, 3.63) is 160 Å². The summed E-state index contributed by atoms with van der Waals surface area (Å²) in [6.45, 7) is 3.39. The summed E-state index contributed by atoms with van der Waals surface area (Å²) in [6, 6.07) is 31.3. The average molecular weight is 788 g/mol. The van der Waals surface area contributed by atoms with Crippen molar-refractivity contribution in [3.63, 3.8) is 0 Å². The molecule has 1 amide bonds. The number of benzene rings is 5. The van der Waals surface area contributed by atoms with Gasteiger partial charge in [0.15, 0.2) is 11.6 Å². The van der Waals surface area contributed by atoms with E-state index in [0.29, 0.717) is 50.8 Å². The van der Waals surface area contributed by atoms with Gasteiger partial charge in [-0.05, 0) is 109 Å². The van der Waals surface area contributed by atoms with E-state index >= 15 is 0 Å². The van der Waals surface area contributed by atoms with Crippen LogP contribution in [-0.4, -0.2) is 36.0 Å². The number of carbonyl (C=O) groups excluding carboxylic acids is 1. The Hall–Kier alpha value is -5.80. The molecule has 1 N–H and O–H groups in total. The Morgan fingerprint density at radius 3 is 1.73 bits per heavy atom. The molecule has 0 aliphatic carbocycles. The van der Waals surface area contributed by atoms with Crippen molar-refractivity contribution >= 4 is 44.0 Å². The lowest BCUT2D eigenvalue weighted by Crippen LogP contribution is -2.16. The fraction of sp³-hybridized carbons (Fsp3) is 0.146. The van der Waals surface area contributed by atoms with Crippen molar-refractivity contribution < 1.29 is 48.6 Å².